The Labute approximate surface area is 277 Å². The minimum Gasteiger partial charge on any atom is -0.444 e. The van der Waals surface area contributed by atoms with Gasteiger partial charge in [0, 0.05) is 61.4 Å². The summed E-state index contributed by atoms with van der Waals surface area (Å²) in [5.41, 5.74) is -11.0. The van der Waals surface area contributed by atoms with Gasteiger partial charge >= 0.3 is 37.3 Å². The van der Waals surface area contributed by atoms with Crippen molar-refractivity contribution < 1.29 is 61.1 Å². The first-order chi connectivity index (χ1) is 21.5. The zero-order valence-corrected chi connectivity index (χ0v) is 28.2. The van der Waals surface area contributed by atoms with Gasteiger partial charge in [-0.15, -0.1) is 22.6 Å². The Kier molecular flexibility index (Phi) is 9.78. The van der Waals surface area contributed by atoms with E-state index >= 15 is 0 Å². The number of likely N-dealkylation sites (tertiary alicyclic amines) is 1. The monoisotopic (exact) mass is 758 g/mol. The van der Waals surface area contributed by atoms with Crippen LogP contribution in [0.25, 0.3) is 0 Å². The number of halogens is 7. The summed E-state index contributed by atoms with van der Waals surface area (Å²) in [6.45, 7) is 8.49. The molecule has 23 heteroatoms. The first-order valence-electron chi connectivity index (χ1n) is 14.3. The van der Waals surface area contributed by atoms with E-state index in [-0.39, 0.29) is 17.8 Å². The highest BCUT2D eigenvalue weighted by atomic mass is 35.5. The molecule has 0 unspecified atom stereocenters. The Morgan fingerprint density at radius 1 is 0.792 bits per heavy atom. The summed E-state index contributed by atoms with van der Waals surface area (Å²) in [7, 11) is -11.4. The van der Waals surface area contributed by atoms with Crippen molar-refractivity contribution in [2.45, 2.75) is 87.0 Å². The molecule has 2 spiro atoms. The Hall–Kier alpha value is -2.98. The van der Waals surface area contributed by atoms with Gasteiger partial charge in [0.05, 0.1) is 5.69 Å². The van der Waals surface area contributed by atoms with Crippen molar-refractivity contribution in [2.75, 3.05) is 26.2 Å². The smallest absolute Gasteiger partial charge is 0.444 e. The number of nitrogens with one attached hydrogen (secondary N) is 1. The van der Waals surface area contributed by atoms with Crippen molar-refractivity contribution in [1.29, 1.82) is 0 Å². The van der Waals surface area contributed by atoms with Crippen LogP contribution >= 0.6 is 12.4 Å². The predicted octanol–water partition coefficient (Wildman–Crippen LogP) is 3.56. The van der Waals surface area contributed by atoms with E-state index in [0.29, 0.717) is 51.3 Å². The van der Waals surface area contributed by atoms with Gasteiger partial charge in [-0.25, -0.2) is 4.79 Å². The van der Waals surface area contributed by atoms with Crippen LogP contribution in [0.15, 0.2) is 12.1 Å². The summed E-state index contributed by atoms with van der Waals surface area (Å²) in [4.78, 5) is 13.8. The summed E-state index contributed by atoms with van der Waals surface area (Å²) < 4.78 is 135. The van der Waals surface area contributed by atoms with Crippen LogP contribution in [-0.4, -0.2) is 90.2 Å². The lowest BCUT2D eigenvalue weighted by Gasteiger charge is -2.26. The minimum atomic E-state index is -5.78. The van der Waals surface area contributed by atoms with Crippen LogP contribution in [0.2, 0.25) is 0 Å². The third-order valence-corrected chi connectivity index (χ3v) is 10.3. The standard InChI is InChI=1S/C15H20F3N3O5S.C10H12F3N3O3S.ClH/c1-13(2,3)25-12(22)20-6-4-14(9-20)5-7-21-10(14)8-11(19-21)26-27(23,24)15(16,17)18;11-10(12,13)20(17,18)19-8-5-7-9(1-3-14-6-9)2-4-16(7)15-8;/h8H,4-7,9H2,1-3H3;5,14H,1-4,6H2;1H/t14-;9-;/m11./s1. The van der Waals surface area contributed by atoms with Gasteiger partial charge in [0.2, 0.25) is 0 Å². The zero-order chi connectivity index (χ0) is 34.8. The van der Waals surface area contributed by atoms with E-state index in [0.717, 1.165) is 25.1 Å². The number of carbonyl (C=O) groups excluding carboxylic acids is 1. The van der Waals surface area contributed by atoms with E-state index in [4.69, 9.17) is 4.74 Å². The Morgan fingerprint density at radius 3 is 1.69 bits per heavy atom. The fraction of sp³-hybridized carbons (Fsp3) is 0.720. The molecule has 2 aromatic rings. The lowest BCUT2D eigenvalue weighted by Crippen LogP contribution is -2.37. The van der Waals surface area contributed by atoms with Crippen molar-refractivity contribution in [1.82, 2.24) is 29.8 Å². The molecular weight excluding hydrogens is 726 g/mol. The van der Waals surface area contributed by atoms with Gasteiger partial charge in [0.1, 0.15) is 5.60 Å². The van der Waals surface area contributed by atoms with Crippen molar-refractivity contribution >= 4 is 38.7 Å². The highest BCUT2D eigenvalue weighted by Gasteiger charge is 2.52. The van der Waals surface area contributed by atoms with Crippen LogP contribution in [0.5, 0.6) is 11.8 Å². The maximum atomic E-state index is 12.5. The maximum Gasteiger partial charge on any atom is 0.534 e. The summed E-state index contributed by atoms with van der Waals surface area (Å²) in [6, 6.07) is 2.50. The second kappa shape index (κ2) is 12.4. The molecule has 6 heterocycles. The molecule has 48 heavy (non-hydrogen) atoms. The summed E-state index contributed by atoms with van der Waals surface area (Å²) in [6.07, 6.45) is 2.44. The molecule has 0 aromatic carbocycles. The van der Waals surface area contributed by atoms with E-state index in [9.17, 15) is 48.0 Å². The molecule has 2 atom stereocenters. The lowest BCUT2D eigenvalue weighted by atomic mass is 9.83. The molecule has 14 nitrogen and oxygen atoms in total. The molecule has 1 amide bonds. The van der Waals surface area contributed by atoms with Gasteiger partial charge in [-0.2, -0.15) is 43.2 Å². The van der Waals surface area contributed by atoms with Crippen LogP contribution in [0, 0.1) is 0 Å². The molecule has 0 bridgehead atoms. The van der Waals surface area contributed by atoms with Crippen molar-refractivity contribution in [3.63, 3.8) is 0 Å². The molecule has 1 N–H and O–H groups in total. The van der Waals surface area contributed by atoms with Gasteiger partial charge < -0.3 is 23.3 Å². The highest BCUT2D eigenvalue weighted by Crippen LogP contribution is 2.45. The largest absolute Gasteiger partial charge is 0.534 e. The molecule has 0 radical (unpaired) electrons. The van der Waals surface area contributed by atoms with Gasteiger partial charge in [-0.05, 0) is 53.0 Å². The third-order valence-electron chi connectivity index (χ3n) is 8.41. The van der Waals surface area contributed by atoms with Crippen LogP contribution in [-0.2, 0) is 48.9 Å². The summed E-state index contributed by atoms with van der Waals surface area (Å²) in [5, 5.41) is 10.8. The molecule has 6 rings (SSSR count). The van der Waals surface area contributed by atoms with Crippen LogP contribution in [0.1, 0.15) is 57.8 Å². The molecule has 2 saturated heterocycles. The van der Waals surface area contributed by atoms with Gasteiger partial charge in [-0.3, -0.25) is 9.36 Å². The Morgan fingerprint density at radius 2 is 1.25 bits per heavy atom. The van der Waals surface area contributed by atoms with E-state index in [2.05, 4.69) is 23.9 Å². The zero-order valence-electron chi connectivity index (χ0n) is 25.7. The second-order valence-corrected chi connectivity index (χ2v) is 15.9. The highest BCUT2D eigenvalue weighted by molar-refractivity contribution is 7.88. The minimum absolute atomic E-state index is 0. The van der Waals surface area contributed by atoms with E-state index in [1.807, 2.05) is 0 Å². The number of rotatable bonds is 4. The normalized spacial score (nSPS) is 23.8. The summed E-state index contributed by atoms with van der Waals surface area (Å²) >= 11 is 0. The molecule has 4 aliphatic rings. The average Bonchev–Trinajstić information content (AvgIpc) is 3.74. The lowest BCUT2D eigenvalue weighted by molar-refractivity contribution is -0.0506. The molecule has 4 aliphatic heterocycles. The molecular formula is C25H33ClF6N6O8S2. The van der Waals surface area contributed by atoms with Crippen molar-refractivity contribution in [3.8, 4) is 11.8 Å². The first kappa shape index (κ1) is 37.8. The number of hydrogen-bond donors (Lipinski definition) is 1. The number of fused-ring (bicyclic) bond motifs is 4. The van der Waals surface area contributed by atoms with Crippen LogP contribution < -0.4 is 13.7 Å². The fourth-order valence-corrected chi connectivity index (χ4v) is 7.02. The second-order valence-electron chi connectivity index (χ2n) is 12.8. The molecule has 2 aromatic heterocycles. The number of ether oxygens (including phenoxy) is 1. The Balaban J connectivity index is 0.000000221. The quantitative estimate of drug-likeness (QED) is 0.276. The topological polar surface area (TPSA) is 164 Å². The number of hydrogen-bond acceptors (Lipinski definition) is 11. The van der Waals surface area contributed by atoms with E-state index < -0.39 is 60.1 Å². The number of aromatic nitrogens is 4. The van der Waals surface area contributed by atoms with Crippen LogP contribution in [0.3, 0.4) is 0 Å². The van der Waals surface area contributed by atoms with Gasteiger partial charge in [0.15, 0.2) is 0 Å². The number of aryl methyl sites for hydroxylation is 2. The van der Waals surface area contributed by atoms with Gasteiger partial charge in [-0.1, -0.05) is 0 Å². The molecule has 2 fully saturated rings. The first-order valence-corrected chi connectivity index (χ1v) is 17.1. The van der Waals surface area contributed by atoms with E-state index in [1.165, 1.54) is 21.5 Å². The van der Waals surface area contributed by atoms with Gasteiger partial charge in [0.25, 0.3) is 11.8 Å². The average molecular weight is 759 g/mol. The molecule has 0 saturated carbocycles. The van der Waals surface area contributed by atoms with Crippen molar-refractivity contribution in [2.24, 2.45) is 0 Å². The maximum absolute atomic E-state index is 12.5. The number of nitrogens with zero attached hydrogens (tertiary/aromatic N) is 5. The number of amides is 1. The summed E-state index contributed by atoms with van der Waals surface area (Å²) in [5.74, 6) is -1.15. The number of alkyl halides is 6. The Bertz CT molecular complexity index is 1750. The SMILES string of the molecule is CC(C)(C)OC(=O)N1CC[C@@]2(CCn3nc(OS(=O)(=O)C(F)(F)F)cc32)C1.Cl.O=S(=O)(Oc1cc2n(n1)CC[C@@]21CCNC1)C(F)(F)F. The fourth-order valence-electron chi connectivity index (χ4n) is 6.22. The third kappa shape index (κ3) is 7.30. The van der Waals surface area contributed by atoms with E-state index in [1.54, 1.807) is 25.7 Å². The van der Waals surface area contributed by atoms with Crippen molar-refractivity contribution in [3.05, 3.63) is 23.5 Å². The molecule has 272 valence electrons. The predicted molar refractivity (Wildman–Crippen MR) is 155 cm³/mol. The molecule has 0 aliphatic carbocycles. The van der Waals surface area contributed by atoms with Crippen LogP contribution in [0.4, 0.5) is 31.1 Å². The number of carbonyl (C=O) groups is 1.